The maximum absolute atomic E-state index is 13.1. The van der Waals surface area contributed by atoms with Crippen molar-refractivity contribution < 1.29 is 13.9 Å². The number of piperidine rings is 1. The number of hydrogen-bond acceptors (Lipinski definition) is 4. The van der Waals surface area contributed by atoms with Crippen molar-refractivity contribution in [2.45, 2.75) is 25.0 Å². The molecule has 3 saturated heterocycles. The SMILES string of the molecule is Fc1ccc(C2CCN(C[C@H]3CNC[C@H]3C3OCCO3)CC2)cc1. The Labute approximate surface area is 143 Å². The van der Waals surface area contributed by atoms with E-state index < -0.39 is 0 Å². The van der Waals surface area contributed by atoms with Crippen LogP contribution in [0.15, 0.2) is 24.3 Å². The van der Waals surface area contributed by atoms with E-state index in [4.69, 9.17) is 9.47 Å². The molecule has 1 aromatic rings. The third-order valence-electron chi connectivity index (χ3n) is 5.81. The second-order valence-corrected chi connectivity index (χ2v) is 7.32. The molecule has 4 rings (SSSR count). The number of benzene rings is 1. The summed E-state index contributed by atoms with van der Waals surface area (Å²) in [4.78, 5) is 2.58. The number of hydrogen-bond donors (Lipinski definition) is 1. The van der Waals surface area contributed by atoms with Crippen molar-refractivity contribution in [3.63, 3.8) is 0 Å². The third-order valence-corrected chi connectivity index (χ3v) is 5.81. The van der Waals surface area contributed by atoms with Gasteiger partial charge in [0, 0.05) is 19.0 Å². The molecule has 0 saturated carbocycles. The summed E-state index contributed by atoms with van der Waals surface area (Å²) >= 11 is 0. The standard InChI is InChI=1S/C19H27FN2O2/c20-17-3-1-14(2-4-17)15-5-7-22(8-6-15)13-16-11-21-12-18(16)19-23-9-10-24-19/h1-4,15-16,18-19,21H,5-13H2/t16-,18-/m1/s1. The van der Waals surface area contributed by atoms with Crippen molar-refractivity contribution in [1.29, 1.82) is 0 Å². The number of nitrogens with one attached hydrogen (secondary N) is 1. The highest BCUT2D eigenvalue weighted by molar-refractivity contribution is 5.21. The average Bonchev–Trinajstić information content (AvgIpc) is 3.27. The molecule has 1 N–H and O–H groups in total. The van der Waals surface area contributed by atoms with Gasteiger partial charge in [-0.3, -0.25) is 0 Å². The molecule has 0 radical (unpaired) electrons. The van der Waals surface area contributed by atoms with E-state index >= 15 is 0 Å². The zero-order valence-electron chi connectivity index (χ0n) is 14.1. The fraction of sp³-hybridized carbons (Fsp3) is 0.684. The van der Waals surface area contributed by atoms with Gasteiger partial charge in [0.25, 0.3) is 0 Å². The normalized spacial score (nSPS) is 30.2. The molecule has 5 heteroatoms. The predicted molar refractivity (Wildman–Crippen MR) is 90.4 cm³/mol. The number of nitrogens with zero attached hydrogens (tertiary/aromatic N) is 1. The molecule has 132 valence electrons. The molecule has 3 aliphatic heterocycles. The van der Waals surface area contributed by atoms with Gasteiger partial charge in [-0.1, -0.05) is 12.1 Å². The number of ether oxygens (including phenoxy) is 2. The molecule has 1 aromatic carbocycles. The second kappa shape index (κ2) is 7.48. The molecule has 3 aliphatic rings. The summed E-state index contributed by atoms with van der Waals surface area (Å²) in [5.41, 5.74) is 1.28. The molecule has 3 fully saturated rings. The molecule has 0 aromatic heterocycles. The lowest BCUT2D eigenvalue weighted by Gasteiger charge is -2.35. The first-order valence-electron chi connectivity index (χ1n) is 9.21. The van der Waals surface area contributed by atoms with E-state index in [-0.39, 0.29) is 12.1 Å². The van der Waals surface area contributed by atoms with Crippen molar-refractivity contribution in [1.82, 2.24) is 10.2 Å². The van der Waals surface area contributed by atoms with Crippen molar-refractivity contribution in [3.8, 4) is 0 Å². The third kappa shape index (κ3) is 3.64. The summed E-state index contributed by atoms with van der Waals surface area (Å²) in [7, 11) is 0. The van der Waals surface area contributed by atoms with Crippen molar-refractivity contribution >= 4 is 0 Å². The Morgan fingerprint density at radius 2 is 1.75 bits per heavy atom. The summed E-state index contributed by atoms with van der Waals surface area (Å²) in [6.45, 7) is 6.90. The van der Waals surface area contributed by atoms with Crippen LogP contribution in [0, 0.1) is 17.7 Å². The van der Waals surface area contributed by atoms with Crippen LogP contribution in [0.4, 0.5) is 4.39 Å². The van der Waals surface area contributed by atoms with Crippen LogP contribution in [0.25, 0.3) is 0 Å². The minimum Gasteiger partial charge on any atom is -0.350 e. The Morgan fingerprint density at radius 1 is 1.04 bits per heavy atom. The number of halogens is 1. The zero-order valence-corrected chi connectivity index (χ0v) is 14.1. The first kappa shape index (κ1) is 16.5. The van der Waals surface area contributed by atoms with Crippen LogP contribution in [0.2, 0.25) is 0 Å². The van der Waals surface area contributed by atoms with Crippen molar-refractivity contribution in [3.05, 3.63) is 35.6 Å². The predicted octanol–water partition coefficient (Wildman–Crippen LogP) is 2.21. The van der Waals surface area contributed by atoms with Crippen molar-refractivity contribution in [2.75, 3.05) is 45.9 Å². The fourth-order valence-corrected chi connectivity index (χ4v) is 4.41. The Bertz CT molecular complexity index is 525. The van der Waals surface area contributed by atoms with E-state index in [0.29, 0.717) is 17.8 Å². The Morgan fingerprint density at radius 3 is 2.46 bits per heavy atom. The molecule has 0 aliphatic carbocycles. The lowest BCUT2D eigenvalue weighted by molar-refractivity contribution is -0.0914. The van der Waals surface area contributed by atoms with E-state index in [9.17, 15) is 4.39 Å². The maximum atomic E-state index is 13.1. The van der Waals surface area contributed by atoms with Gasteiger partial charge in [-0.2, -0.15) is 0 Å². The molecule has 24 heavy (non-hydrogen) atoms. The topological polar surface area (TPSA) is 33.7 Å². The quantitative estimate of drug-likeness (QED) is 0.915. The van der Waals surface area contributed by atoms with Gasteiger partial charge in [0.15, 0.2) is 6.29 Å². The van der Waals surface area contributed by atoms with Crippen LogP contribution in [-0.4, -0.2) is 57.1 Å². The van der Waals surface area contributed by atoms with Gasteiger partial charge < -0.3 is 19.7 Å². The molecular formula is C19H27FN2O2. The lowest BCUT2D eigenvalue weighted by Crippen LogP contribution is -2.40. The van der Waals surface area contributed by atoms with Crippen molar-refractivity contribution in [2.24, 2.45) is 11.8 Å². The van der Waals surface area contributed by atoms with Gasteiger partial charge in [0.05, 0.1) is 13.2 Å². The van der Waals surface area contributed by atoms with Crippen LogP contribution in [0.5, 0.6) is 0 Å². The Kier molecular flexibility index (Phi) is 5.13. The smallest absolute Gasteiger partial charge is 0.162 e. The van der Waals surface area contributed by atoms with E-state index in [1.807, 2.05) is 12.1 Å². The zero-order chi connectivity index (χ0) is 16.4. The van der Waals surface area contributed by atoms with Gasteiger partial charge >= 0.3 is 0 Å². The van der Waals surface area contributed by atoms with Crippen LogP contribution in [-0.2, 0) is 9.47 Å². The monoisotopic (exact) mass is 334 g/mol. The summed E-state index contributed by atoms with van der Waals surface area (Å²) < 4.78 is 24.5. The molecule has 0 unspecified atom stereocenters. The lowest BCUT2D eigenvalue weighted by atomic mass is 9.88. The molecule has 4 nitrogen and oxygen atoms in total. The highest BCUT2D eigenvalue weighted by Gasteiger charge is 2.38. The molecule has 0 bridgehead atoms. The summed E-state index contributed by atoms with van der Waals surface area (Å²) in [5.74, 6) is 1.51. The summed E-state index contributed by atoms with van der Waals surface area (Å²) in [6.07, 6.45) is 2.31. The van der Waals surface area contributed by atoms with Crippen LogP contribution in [0.1, 0.15) is 24.3 Å². The highest BCUT2D eigenvalue weighted by Crippen LogP contribution is 2.31. The molecule has 0 amide bonds. The van der Waals surface area contributed by atoms with Gasteiger partial charge in [0.1, 0.15) is 5.82 Å². The van der Waals surface area contributed by atoms with Gasteiger partial charge in [-0.25, -0.2) is 4.39 Å². The van der Waals surface area contributed by atoms with Crippen LogP contribution < -0.4 is 5.32 Å². The summed E-state index contributed by atoms with van der Waals surface area (Å²) in [6, 6.07) is 7.05. The maximum Gasteiger partial charge on any atom is 0.162 e. The van der Waals surface area contributed by atoms with Gasteiger partial charge in [-0.05, 0) is 62.0 Å². The van der Waals surface area contributed by atoms with E-state index in [1.54, 1.807) is 12.1 Å². The Balaban J connectivity index is 1.29. The highest BCUT2D eigenvalue weighted by atomic mass is 19.1. The van der Waals surface area contributed by atoms with E-state index in [1.165, 1.54) is 5.56 Å². The Hall–Kier alpha value is -1.01. The van der Waals surface area contributed by atoms with E-state index in [2.05, 4.69) is 10.2 Å². The van der Waals surface area contributed by atoms with Crippen LogP contribution >= 0.6 is 0 Å². The molecule has 3 heterocycles. The minimum absolute atomic E-state index is 0.0123. The second-order valence-electron chi connectivity index (χ2n) is 7.32. The van der Waals surface area contributed by atoms with Gasteiger partial charge in [-0.15, -0.1) is 0 Å². The minimum atomic E-state index is -0.146. The first-order chi connectivity index (χ1) is 11.8. The first-order valence-corrected chi connectivity index (χ1v) is 9.21. The average molecular weight is 334 g/mol. The molecular weight excluding hydrogens is 307 g/mol. The largest absolute Gasteiger partial charge is 0.350 e. The number of likely N-dealkylation sites (tertiary alicyclic amines) is 1. The van der Waals surface area contributed by atoms with E-state index in [0.717, 1.165) is 58.8 Å². The van der Waals surface area contributed by atoms with Crippen LogP contribution in [0.3, 0.4) is 0 Å². The summed E-state index contributed by atoms with van der Waals surface area (Å²) in [5, 5.41) is 3.51. The number of rotatable bonds is 4. The molecule has 0 spiro atoms. The molecule has 2 atom stereocenters. The fourth-order valence-electron chi connectivity index (χ4n) is 4.41. The van der Waals surface area contributed by atoms with Gasteiger partial charge in [0.2, 0.25) is 0 Å².